The van der Waals surface area contributed by atoms with Crippen molar-refractivity contribution in [3.63, 3.8) is 0 Å². The Morgan fingerprint density at radius 1 is 1.21 bits per heavy atom. The van der Waals surface area contributed by atoms with E-state index in [9.17, 15) is 13.2 Å². The van der Waals surface area contributed by atoms with Crippen LogP contribution in [0.4, 0.5) is 0 Å². The Bertz CT molecular complexity index is 934. The fraction of sp³-hybridized carbons (Fsp3) is 0.176. The standard InChI is InChI=1S/C17H14ClNO4S/c1-24(21,22)15-7-3-5-13(12-4-2-6-14(12)20)17(15)23-16-9-8-11(18)10-19-16/h3-5,7-10H,2,6H2,1H3. The number of aromatic nitrogens is 1. The van der Waals surface area contributed by atoms with Crippen molar-refractivity contribution in [1.82, 2.24) is 4.98 Å². The van der Waals surface area contributed by atoms with E-state index >= 15 is 0 Å². The van der Waals surface area contributed by atoms with Gasteiger partial charge in [-0.15, -0.1) is 0 Å². The normalized spacial score (nSPS) is 14.6. The number of hydrogen-bond donors (Lipinski definition) is 0. The van der Waals surface area contributed by atoms with Crippen LogP contribution in [0.5, 0.6) is 11.6 Å². The van der Waals surface area contributed by atoms with Gasteiger partial charge in [0.15, 0.2) is 21.4 Å². The number of ether oxygens (including phenoxy) is 1. The van der Waals surface area contributed by atoms with Crippen molar-refractivity contribution in [2.24, 2.45) is 0 Å². The van der Waals surface area contributed by atoms with Gasteiger partial charge in [0.25, 0.3) is 0 Å². The molecule has 0 aliphatic heterocycles. The minimum absolute atomic E-state index is 0.0114. The number of nitrogens with zero attached hydrogens (tertiary/aromatic N) is 1. The summed E-state index contributed by atoms with van der Waals surface area (Å²) in [7, 11) is -3.55. The molecule has 124 valence electrons. The number of carbonyl (C=O) groups is 1. The molecule has 5 nitrogen and oxygen atoms in total. The Balaban J connectivity index is 2.16. The molecule has 0 bridgehead atoms. The van der Waals surface area contributed by atoms with Crippen molar-refractivity contribution >= 4 is 32.8 Å². The van der Waals surface area contributed by atoms with Gasteiger partial charge in [-0.3, -0.25) is 4.79 Å². The van der Waals surface area contributed by atoms with Crippen LogP contribution < -0.4 is 4.74 Å². The molecule has 0 amide bonds. The Labute approximate surface area is 144 Å². The maximum absolute atomic E-state index is 12.1. The lowest BCUT2D eigenvalue weighted by molar-refractivity contribution is -0.113. The number of allylic oxidation sites excluding steroid dienone is 2. The van der Waals surface area contributed by atoms with Gasteiger partial charge in [0, 0.05) is 36.1 Å². The molecule has 0 fully saturated rings. The monoisotopic (exact) mass is 363 g/mol. The van der Waals surface area contributed by atoms with Crippen LogP contribution in [0.3, 0.4) is 0 Å². The minimum atomic E-state index is -3.55. The summed E-state index contributed by atoms with van der Waals surface area (Å²) in [5.41, 5.74) is 0.932. The van der Waals surface area contributed by atoms with Crippen molar-refractivity contribution in [2.45, 2.75) is 17.7 Å². The number of benzene rings is 1. The molecule has 24 heavy (non-hydrogen) atoms. The molecule has 0 radical (unpaired) electrons. The van der Waals surface area contributed by atoms with Crippen molar-refractivity contribution in [3.05, 3.63) is 53.2 Å². The second-order valence-corrected chi connectivity index (χ2v) is 7.82. The Hall–Kier alpha value is -2.18. The van der Waals surface area contributed by atoms with E-state index in [0.29, 0.717) is 29.0 Å². The molecule has 1 aliphatic carbocycles. The number of para-hydroxylation sites is 1. The molecule has 0 saturated carbocycles. The van der Waals surface area contributed by atoms with Crippen LogP contribution >= 0.6 is 11.6 Å². The van der Waals surface area contributed by atoms with Crippen molar-refractivity contribution < 1.29 is 17.9 Å². The van der Waals surface area contributed by atoms with E-state index in [1.807, 2.05) is 0 Å². The first kappa shape index (κ1) is 16.7. The highest BCUT2D eigenvalue weighted by atomic mass is 35.5. The summed E-state index contributed by atoms with van der Waals surface area (Å²) < 4.78 is 30.0. The van der Waals surface area contributed by atoms with E-state index in [2.05, 4.69) is 4.98 Å². The van der Waals surface area contributed by atoms with E-state index in [1.165, 1.54) is 18.3 Å². The van der Waals surface area contributed by atoms with Gasteiger partial charge in [-0.1, -0.05) is 29.8 Å². The molecule has 1 heterocycles. The van der Waals surface area contributed by atoms with Gasteiger partial charge in [-0.2, -0.15) is 0 Å². The lowest BCUT2D eigenvalue weighted by Crippen LogP contribution is -2.05. The molecule has 0 unspecified atom stereocenters. The highest BCUT2D eigenvalue weighted by molar-refractivity contribution is 7.90. The van der Waals surface area contributed by atoms with Crippen LogP contribution in [-0.2, 0) is 14.6 Å². The van der Waals surface area contributed by atoms with Gasteiger partial charge in [0.05, 0.1) is 5.02 Å². The third-order valence-corrected chi connectivity index (χ3v) is 4.94. The number of ketones is 1. The van der Waals surface area contributed by atoms with Gasteiger partial charge in [-0.25, -0.2) is 13.4 Å². The predicted octanol–water partition coefficient (Wildman–Crippen LogP) is 3.68. The average molecular weight is 364 g/mol. The highest BCUT2D eigenvalue weighted by Gasteiger charge is 2.25. The van der Waals surface area contributed by atoms with Crippen molar-refractivity contribution in [1.29, 1.82) is 0 Å². The Morgan fingerprint density at radius 2 is 2.00 bits per heavy atom. The van der Waals surface area contributed by atoms with Crippen LogP contribution in [-0.4, -0.2) is 25.4 Å². The largest absolute Gasteiger partial charge is 0.437 e. The lowest BCUT2D eigenvalue weighted by Gasteiger charge is -2.14. The minimum Gasteiger partial charge on any atom is -0.437 e. The van der Waals surface area contributed by atoms with Crippen LogP contribution in [0.25, 0.3) is 5.57 Å². The number of sulfone groups is 1. The van der Waals surface area contributed by atoms with E-state index in [1.54, 1.807) is 24.3 Å². The van der Waals surface area contributed by atoms with Gasteiger partial charge < -0.3 is 4.74 Å². The molecule has 3 rings (SSSR count). The summed E-state index contributed by atoms with van der Waals surface area (Å²) in [4.78, 5) is 16.1. The maximum atomic E-state index is 12.1. The summed E-state index contributed by atoms with van der Waals surface area (Å²) >= 11 is 5.80. The lowest BCUT2D eigenvalue weighted by atomic mass is 10.0. The predicted molar refractivity (Wildman–Crippen MR) is 91.1 cm³/mol. The van der Waals surface area contributed by atoms with Gasteiger partial charge in [-0.05, 0) is 18.6 Å². The zero-order chi connectivity index (χ0) is 17.3. The molecule has 1 aliphatic rings. The first-order chi connectivity index (χ1) is 11.4. The molecule has 0 saturated heterocycles. The second-order valence-electron chi connectivity index (χ2n) is 5.40. The Kier molecular flexibility index (Phi) is 4.43. The summed E-state index contributed by atoms with van der Waals surface area (Å²) in [6, 6.07) is 7.85. The molecule has 1 aromatic heterocycles. The molecule has 0 N–H and O–H groups in total. The quantitative estimate of drug-likeness (QED) is 0.828. The molecule has 7 heteroatoms. The number of carbonyl (C=O) groups excluding carboxylic acids is 1. The SMILES string of the molecule is CS(=O)(=O)c1cccc(C2=CCCC2=O)c1Oc1ccc(Cl)cn1. The third-order valence-electron chi connectivity index (χ3n) is 3.60. The first-order valence-corrected chi connectivity index (χ1v) is 9.49. The Morgan fingerprint density at radius 3 is 2.58 bits per heavy atom. The van der Waals surface area contributed by atoms with Crippen LogP contribution in [0, 0.1) is 0 Å². The number of rotatable bonds is 4. The zero-order valence-corrected chi connectivity index (χ0v) is 14.4. The van der Waals surface area contributed by atoms with Gasteiger partial charge in [0.2, 0.25) is 5.88 Å². The van der Waals surface area contributed by atoms with Crippen LogP contribution in [0.1, 0.15) is 18.4 Å². The van der Waals surface area contributed by atoms with Crippen molar-refractivity contribution in [3.8, 4) is 11.6 Å². The number of pyridine rings is 1. The van der Waals surface area contributed by atoms with Gasteiger partial charge >= 0.3 is 0 Å². The van der Waals surface area contributed by atoms with Crippen LogP contribution in [0.2, 0.25) is 5.02 Å². The fourth-order valence-electron chi connectivity index (χ4n) is 2.51. The smallest absolute Gasteiger partial charge is 0.219 e. The molecule has 1 aromatic carbocycles. The maximum Gasteiger partial charge on any atom is 0.219 e. The molecule has 2 aromatic rings. The van der Waals surface area contributed by atoms with Crippen LogP contribution in [0.15, 0.2) is 47.5 Å². The highest BCUT2D eigenvalue weighted by Crippen LogP contribution is 2.38. The number of Topliss-reactive ketones (excluding diaryl/α,β-unsaturated/α-hetero) is 1. The summed E-state index contributed by atoms with van der Waals surface area (Å²) in [5.74, 6) is 0.272. The molecule has 0 atom stereocenters. The molecule has 0 spiro atoms. The third kappa shape index (κ3) is 3.34. The first-order valence-electron chi connectivity index (χ1n) is 7.22. The van der Waals surface area contributed by atoms with E-state index in [-0.39, 0.29) is 22.3 Å². The van der Waals surface area contributed by atoms with E-state index < -0.39 is 9.84 Å². The second kappa shape index (κ2) is 6.37. The van der Waals surface area contributed by atoms with E-state index in [0.717, 1.165) is 6.26 Å². The van der Waals surface area contributed by atoms with Crippen molar-refractivity contribution in [2.75, 3.05) is 6.26 Å². The summed E-state index contributed by atoms with van der Waals surface area (Å²) in [6.45, 7) is 0. The summed E-state index contributed by atoms with van der Waals surface area (Å²) in [5, 5.41) is 0.438. The molecular weight excluding hydrogens is 350 g/mol. The molecular formula is C17H14ClNO4S. The number of hydrogen-bond acceptors (Lipinski definition) is 5. The average Bonchev–Trinajstić information content (AvgIpc) is 2.94. The van der Waals surface area contributed by atoms with Gasteiger partial charge in [0.1, 0.15) is 4.90 Å². The topological polar surface area (TPSA) is 73.3 Å². The summed E-state index contributed by atoms with van der Waals surface area (Å²) in [6.07, 6.45) is 5.34. The number of halogens is 1. The zero-order valence-electron chi connectivity index (χ0n) is 12.8. The van der Waals surface area contributed by atoms with E-state index in [4.69, 9.17) is 16.3 Å². The fourth-order valence-corrected chi connectivity index (χ4v) is 3.43.